The molecule has 0 spiro atoms. The quantitative estimate of drug-likeness (QED) is 0.856. The van der Waals surface area contributed by atoms with E-state index in [2.05, 4.69) is 20.7 Å². The normalized spacial score (nSPS) is 13.0. The van der Waals surface area contributed by atoms with Gasteiger partial charge in [0.1, 0.15) is 11.9 Å². The van der Waals surface area contributed by atoms with Crippen molar-refractivity contribution < 1.29 is 23.0 Å². The highest BCUT2D eigenvalue weighted by molar-refractivity contribution is 9.10. The number of aliphatic hydroxyl groups excluding tert-OH is 1. The monoisotopic (exact) mass is 360 g/mol. The average Bonchev–Trinajstić information content (AvgIpc) is 2.40. The molecule has 0 saturated carbocycles. The van der Waals surface area contributed by atoms with E-state index in [1.54, 1.807) is 18.2 Å². The maximum Gasteiger partial charge on any atom is 0.573 e. The molecule has 0 radical (unpaired) electrons. The third kappa shape index (κ3) is 3.77. The second-order valence-corrected chi connectivity index (χ2v) is 5.26. The molecule has 0 aliphatic rings. The van der Waals surface area contributed by atoms with Crippen LogP contribution in [0.1, 0.15) is 22.8 Å². The molecule has 2 aromatic rings. The van der Waals surface area contributed by atoms with Gasteiger partial charge < -0.3 is 9.84 Å². The van der Waals surface area contributed by atoms with Crippen molar-refractivity contribution in [2.75, 3.05) is 0 Å². The van der Waals surface area contributed by atoms with Gasteiger partial charge in [0.15, 0.2) is 0 Å². The third-order valence-corrected chi connectivity index (χ3v) is 4.04. The van der Waals surface area contributed by atoms with Crippen molar-refractivity contribution in [1.82, 2.24) is 0 Å². The summed E-state index contributed by atoms with van der Waals surface area (Å²) < 4.78 is 41.9. The molecule has 2 rings (SSSR count). The number of benzene rings is 2. The molecule has 0 aliphatic carbocycles. The molecule has 1 N–H and O–H groups in total. The lowest BCUT2D eigenvalue weighted by molar-refractivity contribution is -0.275. The van der Waals surface area contributed by atoms with Crippen LogP contribution in [-0.2, 0) is 0 Å². The molecule has 0 aliphatic heterocycles. The van der Waals surface area contributed by atoms with Crippen molar-refractivity contribution in [3.63, 3.8) is 0 Å². The molecule has 1 atom stereocenters. The standard InChI is InChI=1S/C15H12BrF3O2/c1-9-5-4-7-11(13(9)16)14(20)10-6-2-3-8-12(10)21-15(17,18)19/h2-8,14,20H,1H3. The zero-order valence-electron chi connectivity index (χ0n) is 11.0. The van der Waals surface area contributed by atoms with Crippen LogP contribution in [0.4, 0.5) is 13.2 Å². The van der Waals surface area contributed by atoms with Gasteiger partial charge in [-0.05, 0) is 24.1 Å². The Hall–Kier alpha value is -1.53. The Morgan fingerprint density at radius 2 is 1.67 bits per heavy atom. The van der Waals surface area contributed by atoms with Gasteiger partial charge in [-0.3, -0.25) is 0 Å². The van der Waals surface area contributed by atoms with E-state index < -0.39 is 18.2 Å². The number of aryl methyl sites for hydroxylation is 1. The van der Waals surface area contributed by atoms with E-state index in [1.807, 2.05) is 13.0 Å². The van der Waals surface area contributed by atoms with E-state index in [-0.39, 0.29) is 5.56 Å². The molecule has 0 fully saturated rings. The van der Waals surface area contributed by atoms with E-state index in [4.69, 9.17) is 0 Å². The minimum Gasteiger partial charge on any atom is -0.405 e. The molecule has 112 valence electrons. The van der Waals surface area contributed by atoms with Crippen LogP contribution in [0.5, 0.6) is 5.75 Å². The van der Waals surface area contributed by atoms with E-state index >= 15 is 0 Å². The van der Waals surface area contributed by atoms with Crippen molar-refractivity contribution in [2.45, 2.75) is 19.4 Å². The van der Waals surface area contributed by atoms with Crippen LogP contribution < -0.4 is 4.74 Å². The summed E-state index contributed by atoms with van der Waals surface area (Å²) in [5, 5.41) is 10.4. The Morgan fingerprint density at radius 3 is 2.33 bits per heavy atom. The highest BCUT2D eigenvalue weighted by atomic mass is 79.9. The van der Waals surface area contributed by atoms with Crippen LogP contribution in [0.2, 0.25) is 0 Å². The smallest absolute Gasteiger partial charge is 0.405 e. The maximum absolute atomic E-state index is 12.4. The first-order chi connectivity index (χ1) is 9.79. The van der Waals surface area contributed by atoms with Gasteiger partial charge in [0.2, 0.25) is 0 Å². The number of halogens is 4. The lowest BCUT2D eigenvalue weighted by Crippen LogP contribution is -2.19. The molecule has 6 heteroatoms. The summed E-state index contributed by atoms with van der Waals surface area (Å²) in [7, 11) is 0. The third-order valence-electron chi connectivity index (χ3n) is 2.96. The number of alkyl halides is 3. The molecule has 0 aromatic heterocycles. The molecule has 2 nitrogen and oxygen atoms in total. The summed E-state index contributed by atoms with van der Waals surface area (Å²) in [6.07, 6.45) is -6.03. The van der Waals surface area contributed by atoms with Crippen LogP contribution in [0.25, 0.3) is 0 Å². The van der Waals surface area contributed by atoms with Crippen molar-refractivity contribution in [3.8, 4) is 5.75 Å². The fourth-order valence-corrected chi connectivity index (χ4v) is 2.45. The van der Waals surface area contributed by atoms with Crippen LogP contribution in [0.3, 0.4) is 0 Å². The average molecular weight is 361 g/mol. The predicted molar refractivity (Wildman–Crippen MR) is 76.1 cm³/mol. The van der Waals surface area contributed by atoms with Crippen molar-refractivity contribution in [3.05, 3.63) is 63.6 Å². The van der Waals surface area contributed by atoms with Crippen molar-refractivity contribution in [1.29, 1.82) is 0 Å². The lowest BCUT2D eigenvalue weighted by Gasteiger charge is -2.19. The summed E-state index contributed by atoms with van der Waals surface area (Å²) >= 11 is 3.34. The molecule has 0 amide bonds. The van der Waals surface area contributed by atoms with Gasteiger partial charge >= 0.3 is 6.36 Å². The van der Waals surface area contributed by atoms with Crippen molar-refractivity contribution in [2.24, 2.45) is 0 Å². The number of para-hydroxylation sites is 1. The van der Waals surface area contributed by atoms with E-state index in [9.17, 15) is 18.3 Å². The van der Waals surface area contributed by atoms with Gasteiger partial charge in [-0.15, -0.1) is 13.2 Å². The van der Waals surface area contributed by atoms with Crippen molar-refractivity contribution >= 4 is 15.9 Å². The first kappa shape index (κ1) is 15.9. The SMILES string of the molecule is Cc1cccc(C(O)c2ccccc2OC(F)(F)F)c1Br. The summed E-state index contributed by atoms with van der Waals surface area (Å²) in [5.74, 6) is -0.411. The highest BCUT2D eigenvalue weighted by Gasteiger charge is 2.33. The molecule has 0 saturated heterocycles. The Morgan fingerprint density at radius 1 is 1.05 bits per heavy atom. The van der Waals surface area contributed by atoms with E-state index in [1.165, 1.54) is 18.2 Å². The zero-order chi connectivity index (χ0) is 15.6. The summed E-state index contributed by atoms with van der Waals surface area (Å²) in [6, 6.07) is 10.8. The van der Waals surface area contributed by atoms with Gasteiger partial charge in [-0.1, -0.05) is 52.3 Å². The fourth-order valence-electron chi connectivity index (χ4n) is 1.97. The molecule has 0 bridgehead atoms. The topological polar surface area (TPSA) is 29.5 Å². The molecule has 0 heterocycles. The van der Waals surface area contributed by atoms with Crippen LogP contribution in [0.15, 0.2) is 46.9 Å². The Balaban J connectivity index is 2.44. The van der Waals surface area contributed by atoms with Crippen LogP contribution in [-0.4, -0.2) is 11.5 Å². The first-order valence-corrected chi connectivity index (χ1v) is 6.86. The minimum absolute atomic E-state index is 0.0566. The Kier molecular flexibility index (Phi) is 4.58. The number of hydrogen-bond donors (Lipinski definition) is 1. The van der Waals surface area contributed by atoms with E-state index in [0.29, 0.717) is 10.0 Å². The van der Waals surface area contributed by atoms with E-state index in [0.717, 1.165) is 5.56 Å². The predicted octanol–water partition coefficient (Wildman–Crippen LogP) is 4.74. The summed E-state index contributed by atoms with van der Waals surface area (Å²) in [5.41, 5.74) is 1.41. The Bertz CT molecular complexity index is 641. The minimum atomic E-state index is -4.81. The largest absolute Gasteiger partial charge is 0.573 e. The second kappa shape index (κ2) is 6.07. The van der Waals surface area contributed by atoms with Gasteiger partial charge in [0.05, 0.1) is 0 Å². The van der Waals surface area contributed by atoms with Crippen LogP contribution in [0, 0.1) is 6.92 Å². The zero-order valence-corrected chi connectivity index (χ0v) is 12.6. The molecule has 2 aromatic carbocycles. The summed E-state index contributed by atoms with van der Waals surface area (Å²) in [6.45, 7) is 1.83. The second-order valence-electron chi connectivity index (χ2n) is 4.47. The van der Waals surface area contributed by atoms with Gasteiger partial charge in [0, 0.05) is 10.0 Å². The Labute approximate surface area is 128 Å². The number of hydrogen-bond acceptors (Lipinski definition) is 2. The fraction of sp³-hybridized carbons (Fsp3) is 0.200. The lowest BCUT2D eigenvalue weighted by atomic mass is 9.99. The molecule has 1 unspecified atom stereocenters. The highest BCUT2D eigenvalue weighted by Crippen LogP contribution is 2.36. The van der Waals surface area contributed by atoms with Gasteiger partial charge in [-0.25, -0.2) is 0 Å². The number of ether oxygens (including phenoxy) is 1. The molecular weight excluding hydrogens is 349 g/mol. The van der Waals surface area contributed by atoms with Crippen LogP contribution >= 0.6 is 15.9 Å². The van der Waals surface area contributed by atoms with Gasteiger partial charge in [0.25, 0.3) is 0 Å². The maximum atomic E-state index is 12.4. The van der Waals surface area contributed by atoms with Gasteiger partial charge in [-0.2, -0.15) is 0 Å². The molecular formula is C15H12BrF3O2. The first-order valence-electron chi connectivity index (χ1n) is 6.07. The molecule has 21 heavy (non-hydrogen) atoms. The number of rotatable bonds is 3. The number of aliphatic hydroxyl groups is 1. The summed E-state index contributed by atoms with van der Waals surface area (Å²) in [4.78, 5) is 0.